The Morgan fingerprint density at radius 3 is 2.48 bits per heavy atom. The Bertz CT molecular complexity index is 518. The fourth-order valence-corrected chi connectivity index (χ4v) is 2.48. The van der Waals surface area contributed by atoms with Crippen molar-refractivity contribution < 1.29 is 20.1 Å². The molecule has 0 radical (unpaired) electrons. The zero-order valence-electron chi connectivity index (χ0n) is 12.5. The van der Waals surface area contributed by atoms with Crippen LogP contribution in [-0.2, 0) is 11.2 Å². The average molecular weight is 294 g/mol. The van der Waals surface area contributed by atoms with Crippen molar-refractivity contribution >= 4 is 6.08 Å². The van der Waals surface area contributed by atoms with Crippen molar-refractivity contribution in [3.05, 3.63) is 29.4 Å². The number of aromatic nitrogens is 2. The summed E-state index contributed by atoms with van der Waals surface area (Å²) in [4.78, 5) is 8.23. The SMILES string of the molecule is CC(O)C1OC(C)C(O)C1O.Cc1ncnc2c1C=CC2. The van der Waals surface area contributed by atoms with Crippen LogP contribution in [0.5, 0.6) is 0 Å². The molecule has 6 nitrogen and oxygen atoms in total. The Labute approximate surface area is 124 Å². The van der Waals surface area contributed by atoms with E-state index in [2.05, 4.69) is 22.1 Å². The molecule has 3 rings (SSSR count). The highest BCUT2D eigenvalue weighted by molar-refractivity contribution is 5.59. The number of aryl methyl sites for hydroxylation is 1. The summed E-state index contributed by atoms with van der Waals surface area (Å²) in [7, 11) is 0. The standard InChI is InChI=1S/C8H8N2.C7H14O4/c1-6-7-3-2-4-8(7)10-5-9-6;1-3(8)7-6(10)5(9)4(2)11-7/h2-3,5H,4H2,1H3;3-10H,1-2H3. The number of ether oxygens (including phenoxy) is 1. The van der Waals surface area contributed by atoms with E-state index in [0.29, 0.717) is 0 Å². The summed E-state index contributed by atoms with van der Waals surface area (Å²) in [6.45, 7) is 5.20. The highest BCUT2D eigenvalue weighted by Gasteiger charge is 2.42. The molecule has 1 saturated heterocycles. The van der Waals surface area contributed by atoms with E-state index in [1.54, 1.807) is 13.3 Å². The van der Waals surface area contributed by atoms with Crippen molar-refractivity contribution in [2.75, 3.05) is 0 Å². The summed E-state index contributed by atoms with van der Waals surface area (Å²) in [5.74, 6) is 0. The van der Waals surface area contributed by atoms with E-state index in [0.717, 1.165) is 17.8 Å². The summed E-state index contributed by atoms with van der Waals surface area (Å²) < 4.78 is 5.10. The maximum absolute atomic E-state index is 9.26. The first-order valence-corrected chi connectivity index (χ1v) is 7.08. The van der Waals surface area contributed by atoms with Crippen LogP contribution in [-0.4, -0.2) is 55.8 Å². The summed E-state index contributed by atoms with van der Waals surface area (Å²) in [5.41, 5.74) is 3.45. The Balaban J connectivity index is 0.000000154. The minimum Gasteiger partial charge on any atom is -0.391 e. The molecule has 1 fully saturated rings. The average Bonchev–Trinajstić information content (AvgIpc) is 3.01. The van der Waals surface area contributed by atoms with Gasteiger partial charge in [0.05, 0.1) is 17.9 Å². The smallest absolute Gasteiger partial charge is 0.115 e. The minimum absolute atomic E-state index is 0.399. The Morgan fingerprint density at radius 1 is 1.29 bits per heavy atom. The lowest BCUT2D eigenvalue weighted by Crippen LogP contribution is -2.37. The van der Waals surface area contributed by atoms with Crippen molar-refractivity contribution in [1.29, 1.82) is 0 Å². The number of hydrogen-bond acceptors (Lipinski definition) is 6. The minimum atomic E-state index is -0.968. The predicted molar refractivity (Wildman–Crippen MR) is 77.5 cm³/mol. The summed E-state index contributed by atoms with van der Waals surface area (Å²) in [6, 6.07) is 0. The fourth-order valence-electron chi connectivity index (χ4n) is 2.48. The van der Waals surface area contributed by atoms with Gasteiger partial charge in [-0.2, -0.15) is 0 Å². The quantitative estimate of drug-likeness (QED) is 0.686. The molecule has 21 heavy (non-hydrogen) atoms. The third kappa shape index (κ3) is 3.47. The van der Waals surface area contributed by atoms with Crippen LogP contribution < -0.4 is 0 Å². The van der Waals surface area contributed by atoms with Crippen molar-refractivity contribution in [3.8, 4) is 0 Å². The molecule has 0 aromatic carbocycles. The van der Waals surface area contributed by atoms with Crippen molar-refractivity contribution in [2.24, 2.45) is 0 Å². The van der Waals surface area contributed by atoms with Crippen LogP contribution in [0.4, 0.5) is 0 Å². The van der Waals surface area contributed by atoms with E-state index >= 15 is 0 Å². The largest absolute Gasteiger partial charge is 0.391 e. The summed E-state index contributed by atoms with van der Waals surface area (Å²) in [6.07, 6.45) is 3.16. The van der Waals surface area contributed by atoms with Gasteiger partial charge >= 0.3 is 0 Å². The van der Waals surface area contributed by atoms with Gasteiger partial charge in [-0.15, -0.1) is 0 Å². The van der Waals surface area contributed by atoms with Gasteiger partial charge in [0, 0.05) is 17.7 Å². The molecule has 0 bridgehead atoms. The molecular formula is C15H22N2O4. The second-order valence-electron chi connectivity index (χ2n) is 5.45. The third-order valence-corrected chi connectivity index (χ3v) is 3.78. The van der Waals surface area contributed by atoms with E-state index in [-0.39, 0.29) is 0 Å². The second-order valence-corrected chi connectivity index (χ2v) is 5.45. The van der Waals surface area contributed by atoms with Crippen molar-refractivity contribution in [1.82, 2.24) is 9.97 Å². The molecule has 0 spiro atoms. The molecule has 6 heteroatoms. The Morgan fingerprint density at radius 2 is 2.00 bits per heavy atom. The molecule has 3 N–H and O–H groups in total. The van der Waals surface area contributed by atoms with Gasteiger partial charge in [-0.1, -0.05) is 12.2 Å². The first-order chi connectivity index (χ1) is 9.91. The van der Waals surface area contributed by atoms with Gasteiger partial charge in [-0.05, 0) is 20.8 Å². The molecule has 1 aliphatic carbocycles. The monoisotopic (exact) mass is 294 g/mol. The van der Waals surface area contributed by atoms with Crippen LogP contribution in [0.3, 0.4) is 0 Å². The van der Waals surface area contributed by atoms with Crippen LogP contribution in [0.15, 0.2) is 12.4 Å². The molecule has 0 saturated carbocycles. The first kappa shape index (κ1) is 16.0. The Kier molecular flexibility index (Phi) is 5.05. The van der Waals surface area contributed by atoms with Gasteiger partial charge in [0.15, 0.2) is 0 Å². The number of aliphatic hydroxyl groups is 3. The number of allylic oxidation sites excluding steroid dienone is 1. The predicted octanol–water partition coefficient (Wildman–Crippen LogP) is 0.231. The van der Waals surface area contributed by atoms with E-state index in [9.17, 15) is 10.2 Å². The van der Waals surface area contributed by atoms with E-state index < -0.39 is 30.5 Å². The van der Waals surface area contributed by atoms with E-state index in [4.69, 9.17) is 9.84 Å². The highest BCUT2D eigenvalue weighted by Crippen LogP contribution is 2.22. The number of nitrogens with zero attached hydrogens (tertiary/aromatic N) is 2. The van der Waals surface area contributed by atoms with Crippen LogP contribution in [0.25, 0.3) is 6.08 Å². The van der Waals surface area contributed by atoms with E-state index in [1.165, 1.54) is 12.5 Å². The number of aliphatic hydroxyl groups excluding tert-OH is 3. The maximum atomic E-state index is 9.26. The molecular weight excluding hydrogens is 272 g/mol. The van der Waals surface area contributed by atoms with Crippen LogP contribution in [0.1, 0.15) is 30.8 Å². The molecule has 2 aliphatic rings. The first-order valence-electron chi connectivity index (χ1n) is 7.08. The normalized spacial score (nSPS) is 31.5. The molecule has 1 aliphatic heterocycles. The number of rotatable bonds is 1. The second kappa shape index (κ2) is 6.62. The van der Waals surface area contributed by atoms with E-state index in [1.807, 2.05) is 6.92 Å². The van der Waals surface area contributed by atoms with Crippen LogP contribution >= 0.6 is 0 Å². The van der Waals surface area contributed by atoms with Gasteiger partial charge in [0.1, 0.15) is 24.6 Å². The lowest BCUT2D eigenvalue weighted by Gasteiger charge is -2.16. The molecule has 5 unspecified atom stereocenters. The zero-order chi connectivity index (χ0) is 15.6. The number of fused-ring (bicyclic) bond motifs is 1. The van der Waals surface area contributed by atoms with Crippen LogP contribution in [0, 0.1) is 6.92 Å². The molecule has 0 amide bonds. The van der Waals surface area contributed by atoms with Crippen molar-refractivity contribution in [2.45, 2.75) is 57.7 Å². The topological polar surface area (TPSA) is 95.7 Å². The van der Waals surface area contributed by atoms with Gasteiger partial charge in [0.25, 0.3) is 0 Å². The number of hydrogen-bond donors (Lipinski definition) is 3. The Hall–Kier alpha value is -1.34. The maximum Gasteiger partial charge on any atom is 0.115 e. The van der Waals surface area contributed by atoms with Gasteiger partial charge in [-0.25, -0.2) is 9.97 Å². The molecule has 1 aromatic rings. The highest BCUT2D eigenvalue weighted by atomic mass is 16.6. The van der Waals surface area contributed by atoms with Crippen molar-refractivity contribution in [3.63, 3.8) is 0 Å². The third-order valence-electron chi connectivity index (χ3n) is 3.78. The van der Waals surface area contributed by atoms with Crippen LogP contribution in [0.2, 0.25) is 0 Å². The van der Waals surface area contributed by atoms with Gasteiger partial charge in [-0.3, -0.25) is 0 Å². The van der Waals surface area contributed by atoms with Gasteiger partial charge in [0.2, 0.25) is 0 Å². The summed E-state index contributed by atoms with van der Waals surface area (Å²) in [5, 5.41) is 27.5. The lowest BCUT2D eigenvalue weighted by molar-refractivity contribution is -0.0546. The molecule has 2 heterocycles. The molecule has 116 valence electrons. The molecule has 5 atom stereocenters. The fraction of sp³-hybridized carbons (Fsp3) is 0.600. The summed E-state index contributed by atoms with van der Waals surface area (Å²) >= 11 is 0. The zero-order valence-corrected chi connectivity index (χ0v) is 12.5. The lowest BCUT2D eigenvalue weighted by atomic mass is 10.1. The van der Waals surface area contributed by atoms with Gasteiger partial charge < -0.3 is 20.1 Å². The molecule has 1 aromatic heterocycles.